The van der Waals surface area contributed by atoms with Gasteiger partial charge < -0.3 is 15.0 Å². The summed E-state index contributed by atoms with van der Waals surface area (Å²) in [6.45, 7) is 6.74. The Morgan fingerprint density at radius 1 is 0.972 bits per heavy atom. The summed E-state index contributed by atoms with van der Waals surface area (Å²) in [4.78, 5) is 41.9. The van der Waals surface area contributed by atoms with Crippen LogP contribution >= 0.6 is 11.6 Å². The van der Waals surface area contributed by atoms with Gasteiger partial charge in [-0.15, -0.1) is 0 Å². The predicted octanol–water partition coefficient (Wildman–Crippen LogP) is 5.50. The molecular formula is C28H26ClN3O4. The number of rotatable bonds is 8. The van der Waals surface area contributed by atoms with E-state index < -0.39 is 11.8 Å². The molecule has 36 heavy (non-hydrogen) atoms. The van der Waals surface area contributed by atoms with Gasteiger partial charge in [-0.3, -0.25) is 14.4 Å². The number of nitrogens with one attached hydrogen (secondary N) is 1. The molecule has 0 spiro atoms. The lowest BCUT2D eigenvalue weighted by atomic mass is 10.1. The number of imide groups is 1. The van der Waals surface area contributed by atoms with E-state index in [0.29, 0.717) is 35.8 Å². The van der Waals surface area contributed by atoms with E-state index in [2.05, 4.69) is 5.32 Å². The van der Waals surface area contributed by atoms with Crippen LogP contribution in [0.1, 0.15) is 29.8 Å². The normalized spacial score (nSPS) is 13.3. The molecule has 0 unspecified atom stereocenters. The fourth-order valence-corrected chi connectivity index (χ4v) is 4.19. The summed E-state index contributed by atoms with van der Waals surface area (Å²) in [7, 11) is 0. The fraction of sp³-hybridized carbons (Fsp3) is 0.179. The average Bonchev–Trinajstić information content (AvgIpc) is 3.08. The molecule has 0 atom stereocenters. The number of anilines is 3. The molecular weight excluding hydrogens is 478 g/mol. The predicted molar refractivity (Wildman–Crippen MR) is 142 cm³/mol. The molecule has 8 heteroatoms. The van der Waals surface area contributed by atoms with Crippen LogP contribution in [0.25, 0.3) is 0 Å². The number of benzene rings is 3. The van der Waals surface area contributed by atoms with Crippen LogP contribution in [-0.2, 0) is 9.59 Å². The molecule has 1 N–H and O–H groups in total. The van der Waals surface area contributed by atoms with Gasteiger partial charge in [0.25, 0.3) is 17.7 Å². The van der Waals surface area contributed by atoms with Crippen LogP contribution in [-0.4, -0.2) is 30.9 Å². The Morgan fingerprint density at radius 3 is 2.36 bits per heavy atom. The molecule has 0 aliphatic carbocycles. The highest BCUT2D eigenvalue weighted by Crippen LogP contribution is 2.31. The Balaban J connectivity index is 1.56. The minimum atomic E-state index is -0.628. The van der Waals surface area contributed by atoms with Crippen molar-refractivity contribution in [3.05, 3.63) is 94.7 Å². The topological polar surface area (TPSA) is 79.0 Å². The number of ether oxygens (including phenoxy) is 1. The Morgan fingerprint density at radius 2 is 1.69 bits per heavy atom. The van der Waals surface area contributed by atoms with Crippen LogP contribution in [0, 0.1) is 6.92 Å². The van der Waals surface area contributed by atoms with Crippen molar-refractivity contribution in [3.63, 3.8) is 0 Å². The number of carbonyl (C=O) groups is 3. The maximum atomic E-state index is 13.3. The number of amides is 3. The number of nitrogens with zero attached hydrogens (tertiary/aromatic N) is 2. The molecule has 0 bridgehead atoms. The second kappa shape index (κ2) is 10.7. The quantitative estimate of drug-likeness (QED) is 0.411. The van der Waals surface area contributed by atoms with Gasteiger partial charge in [0, 0.05) is 23.5 Å². The molecule has 7 nitrogen and oxygen atoms in total. The van der Waals surface area contributed by atoms with Gasteiger partial charge in [-0.1, -0.05) is 29.8 Å². The van der Waals surface area contributed by atoms with Crippen LogP contribution < -0.4 is 19.9 Å². The van der Waals surface area contributed by atoms with E-state index in [0.717, 1.165) is 16.2 Å². The van der Waals surface area contributed by atoms with Gasteiger partial charge in [0.2, 0.25) is 0 Å². The van der Waals surface area contributed by atoms with Crippen molar-refractivity contribution in [3.8, 4) is 5.75 Å². The van der Waals surface area contributed by atoms with Gasteiger partial charge >= 0.3 is 0 Å². The highest BCUT2D eigenvalue weighted by atomic mass is 35.5. The van der Waals surface area contributed by atoms with E-state index in [1.54, 1.807) is 53.4 Å². The summed E-state index contributed by atoms with van der Waals surface area (Å²) >= 11 is 6.27. The number of hydrogen-bond acceptors (Lipinski definition) is 5. The maximum absolute atomic E-state index is 13.3. The van der Waals surface area contributed by atoms with Gasteiger partial charge in [0.1, 0.15) is 16.5 Å². The van der Waals surface area contributed by atoms with E-state index in [9.17, 15) is 14.4 Å². The standard InChI is InChI=1S/C28H26ClN3O4/c1-4-31(22-11-6-8-18(3)16-22)26(33)19-9-7-10-20(17-19)30-25-24(29)27(34)32(28(25)35)21-12-14-23(15-13-21)36-5-2/h6-17,30H,4-5H2,1-3H3. The summed E-state index contributed by atoms with van der Waals surface area (Å²) in [5, 5.41) is 2.72. The van der Waals surface area contributed by atoms with Crippen molar-refractivity contribution in [2.45, 2.75) is 20.8 Å². The summed E-state index contributed by atoms with van der Waals surface area (Å²) in [5.74, 6) is -0.763. The molecule has 0 saturated carbocycles. The maximum Gasteiger partial charge on any atom is 0.283 e. The van der Waals surface area contributed by atoms with Gasteiger partial charge in [0.15, 0.2) is 0 Å². The van der Waals surface area contributed by atoms with Gasteiger partial charge in [-0.2, -0.15) is 0 Å². The Hall–Kier alpha value is -4.10. The first-order valence-corrected chi connectivity index (χ1v) is 12.0. The average molecular weight is 504 g/mol. The van der Waals surface area contributed by atoms with Crippen LogP contribution in [0.3, 0.4) is 0 Å². The van der Waals surface area contributed by atoms with E-state index >= 15 is 0 Å². The van der Waals surface area contributed by atoms with Crippen molar-refractivity contribution in [1.29, 1.82) is 0 Å². The van der Waals surface area contributed by atoms with Gasteiger partial charge in [-0.05, 0) is 80.9 Å². The third kappa shape index (κ3) is 4.97. The zero-order valence-electron chi connectivity index (χ0n) is 20.2. The highest BCUT2D eigenvalue weighted by Gasteiger charge is 2.39. The second-order valence-electron chi connectivity index (χ2n) is 8.16. The smallest absolute Gasteiger partial charge is 0.283 e. The molecule has 184 valence electrons. The minimum Gasteiger partial charge on any atom is -0.494 e. The fourth-order valence-electron chi connectivity index (χ4n) is 3.97. The largest absolute Gasteiger partial charge is 0.494 e. The molecule has 3 aromatic rings. The van der Waals surface area contributed by atoms with Crippen LogP contribution in [0.4, 0.5) is 17.1 Å². The Bertz CT molecular complexity index is 1350. The first-order chi connectivity index (χ1) is 17.3. The molecule has 1 heterocycles. The van der Waals surface area contributed by atoms with Gasteiger partial charge in [-0.25, -0.2) is 4.90 Å². The molecule has 3 aromatic carbocycles. The van der Waals surface area contributed by atoms with Crippen molar-refractivity contribution < 1.29 is 19.1 Å². The third-order valence-electron chi connectivity index (χ3n) is 5.69. The summed E-state index contributed by atoms with van der Waals surface area (Å²) in [5.41, 5.74) is 3.07. The zero-order chi connectivity index (χ0) is 25.8. The number of aryl methyl sites for hydroxylation is 1. The minimum absolute atomic E-state index is 0.0498. The van der Waals surface area contributed by atoms with Crippen LogP contribution in [0.2, 0.25) is 0 Å². The molecule has 1 aliphatic heterocycles. The second-order valence-corrected chi connectivity index (χ2v) is 8.53. The van der Waals surface area contributed by atoms with Crippen molar-refractivity contribution >= 4 is 46.4 Å². The van der Waals surface area contributed by atoms with Crippen LogP contribution in [0.5, 0.6) is 5.75 Å². The monoisotopic (exact) mass is 503 g/mol. The first-order valence-electron chi connectivity index (χ1n) is 11.6. The Kier molecular flexibility index (Phi) is 7.41. The molecule has 0 aromatic heterocycles. The number of hydrogen-bond donors (Lipinski definition) is 1. The molecule has 1 aliphatic rings. The SMILES string of the molecule is CCOc1ccc(N2C(=O)C(Cl)=C(Nc3cccc(C(=O)N(CC)c4cccc(C)c4)c3)C2=O)cc1. The molecule has 0 radical (unpaired) electrons. The van der Waals surface area contributed by atoms with E-state index in [1.165, 1.54) is 0 Å². The van der Waals surface area contributed by atoms with Crippen molar-refractivity contribution in [2.24, 2.45) is 0 Å². The molecule has 0 fully saturated rings. The molecule has 4 rings (SSSR count). The summed E-state index contributed by atoms with van der Waals surface area (Å²) < 4.78 is 5.42. The summed E-state index contributed by atoms with van der Waals surface area (Å²) in [6.07, 6.45) is 0. The summed E-state index contributed by atoms with van der Waals surface area (Å²) in [6, 6.07) is 21.1. The lowest BCUT2D eigenvalue weighted by Crippen LogP contribution is -2.32. The van der Waals surface area contributed by atoms with Crippen molar-refractivity contribution in [2.75, 3.05) is 28.3 Å². The number of halogens is 1. The Labute approximate surface area is 214 Å². The first kappa shape index (κ1) is 25.0. The van der Waals surface area contributed by atoms with Crippen LogP contribution in [0.15, 0.2) is 83.5 Å². The van der Waals surface area contributed by atoms with E-state index in [4.69, 9.17) is 16.3 Å². The van der Waals surface area contributed by atoms with E-state index in [1.807, 2.05) is 45.0 Å². The van der Waals surface area contributed by atoms with E-state index in [-0.39, 0.29) is 16.6 Å². The van der Waals surface area contributed by atoms with Gasteiger partial charge in [0.05, 0.1) is 12.3 Å². The molecule has 3 amide bonds. The lowest BCUT2D eigenvalue weighted by Gasteiger charge is -2.22. The number of carbonyl (C=O) groups excluding carboxylic acids is 3. The molecule has 0 saturated heterocycles. The zero-order valence-corrected chi connectivity index (χ0v) is 21.0. The highest BCUT2D eigenvalue weighted by molar-refractivity contribution is 6.53. The van der Waals surface area contributed by atoms with Crippen molar-refractivity contribution in [1.82, 2.24) is 0 Å². The lowest BCUT2D eigenvalue weighted by molar-refractivity contribution is -0.120. The third-order valence-corrected chi connectivity index (χ3v) is 6.04.